The Labute approximate surface area is 606 Å². The third-order valence-electron chi connectivity index (χ3n) is 17.7. The number of carboxylic acid groups (broad SMARTS) is 2. The van der Waals surface area contributed by atoms with Crippen LogP contribution in [0.1, 0.15) is 237 Å². The molecule has 23 heteroatoms. The molecule has 0 amide bonds. The number of hydrogen-bond acceptors (Lipinski definition) is 21. The van der Waals surface area contributed by atoms with Gasteiger partial charge in [-0.3, -0.25) is 43.2 Å². The molecule has 584 valence electrons. The number of carboxylic acids is 2. The van der Waals surface area contributed by atoms with Crippen LogP contribution in [0.15, 0.2) is 72.8 Å². The van der Waals surface area contributed by atoms with E-state index in [0.717, 1.165) is 36.8 Å². The largest absolute Gasteiger partial charge is 0.481 e. The van der Waals surface area contributed by atoms with Gasteiger partial charge in [0.15, 0.2) is 0 Å². The van der Waals surface area contributed by atoms with E-state index in [2.05, 4.69) is 11.3 Å². The van der Waals surface area contributed by atoms with E-state index < -0.39 is 56.5 Å². The number of carbonyl (C=O) groups is 10. The van der Waals surface area contributed by atoms with Gasteiger partial charge in [-0.1, -0.05) is 123 Å². The smallest absolute Gasteiger partial charge is 0.333 e. The van der Waals surface area contributed by atoms with Gasteiger partial charge in [0.2, 0.25) is 0 Å². The average Bonchev–Trinajstić information content (AvgIpc) is 0.777. The lowest BCUT2D eigenvalue weighted by atomic mass is 9.69. The Bertz CT molecular complexity index is 2680. The number of esters is 8. The third-order valence-corrected chi connectivity index (χ3v) is 17.7. The summed E-state index contributed by atoms with van der Waals surface area (Å²) >= 11 is 0. The highest BCUT2D eigenvalue weighted by Gasteiger charge is 2.52. The molecule has 101 heavy (non-hydrogen) atoms. The molecular formula is C78H134O23. The lowest BCUT2D eigenvalue weighted by molar-refractivity contribution is -0.181. The zero-order valence-electron chi connectivity index (χ0n) is 66.6. The van der Waals surface area contributed by atoms with Crippen molar-refractivity contribution >= 4 is 59.7 Å². The van der Waals surface area contributed by atoms with E-state index in [1.54, 1.807) is 48.5 Å². The first-order valence-corrected chi connectivity index (χ1v) is 34.5. The van der Waals surface area contributed by atoms with Crippen LogP contribution >= 0.6 is 0 Å². The maximum atomic E-state index is 11.9. The Balaban J connectivity index is -0.000000262. The number of aliphatic hydroxyl groups excluding tert-OH is 2. The number of rotatable bonds is 28. The van der Waals surface area contributed by atoms with E-state index in [1.165, 1.54) is 28.3 Å². The van der Waals surface area contributed by atoms with Crippen LogP contribution in [0.3, 0.4) is 0 Å². The van der Waals surface area contributed by atoms with Crippen molar-refractivity contribution in [1.82, 2.24) is 0 Å². The fourth-order valence-electron chi connectivity index (χ4n) is 6.60. The van der Waals surface area contributed by atoms with Crippen molar-refractivity contribution in [2.75, 3.05) is 61.0 Å². The van der Waals surface area contributed by atoms with Crippen LogP contribution in [0.4, 0.5) is 0 Å². The molecule has 2 aromatic rings. The molecule has 0 aromatic heterocycles. The predicted molar refractivity (Wildman–Crippen MR) is 391 cm³/mol. The molecule has 0 aliphatic carbocycles. The van der Waals surface area contributed by atoms with Gasteiger partial charge in [0.05, 0.1) is 89.9 Å². The van der Waals surface area contributed by atoms with Gasteiger partial charge in [-0.25, -0.2) is 4.79 Å². The number of ether oxygens (including phenoxy) is 9. The van der Waals surface area contributed by atoms with Crippen molar-refractivity contribution in [2.24, 2.45) is 48.7 Å². The molecule has 2 aromatic carbocycles. The average molecular weight is 1440 g/mol. The van der Waals surface area contributed by atoms with Crippen molar-refractivity contribution in [3.05, 3.63) is 83.9 Å². The number of carbonyl (C=O) groups excluding carboxylic acids is 8. The normalized spacial score (nSPS) is 15.1. The van der Waals surface area contributed by atoms with Gasteiger partial charge in [0.1, 0.15) is 39.1 Å². The van der Waals surface area contributed by atoms with Crippen LogP contribution in [-0.2, 0) is 104 Å². The van der Waals surface area contributed by atoms with E-state index in [1.807, 2.05) is 171 Å². The fraction of sp³-hybridized carbons (Fsp3) is 0.692. The van der Waals surface area contributed by atoms with Crippen LogP contribution in [-0.4, -0.2) is 147 Å². The highest BCUT2D eigenvalue weighted by atomic mass is 16.6. The van der Waals surface area contributed by atoms with E-state index in [4.69, 9.17) is 53.2 Å². The molecule has 1 fully saturated rings. The molecule has 3 unspecified atom stereocenters. The summed E-state index contributed by atoms with van der Waals surface area (Å²) in [4.78, 5) is 112. The summed E-state index contributed by atoms with van der Waals surface area (Å²) in [6.45, 7) is 48.4. The summed E-state index contributed by atoms with van der Waals surface area (Å²) in [6.07, 6.45) is 5.11. The second kappa shape index (κ2) is 50.2. The first-order chi connectivity index (χ1) is 46.4. The van der Waals surface area contributed by atoms with Crippen molar-refractivity contribution in [2.45, 2.75) is 243 Å². The number of aliphatic hydroxyl groups is 2. The molecule has 0 saturated carbocycles. The van der Waals surface area contributed by atoms with Crippen molar-refractivity contribution in [3.63, 3.8) is 0 Å². The standard InChI is InChI=1S/C13H22O5.2C13H18O2.C12H20O5.C8H16O3.C7H14O2.2C6H12O2.H2/c1-6-13(4,5)12(16)18-8-10(14)7-17-11(15)9(2)3;2*1-4-13(2,3)12(14)15-10-11-8-6-5-7-9-11;1-5-12(10(14)16-4)6-11(2,7-17-8-12)9(13)15-3;1-4-8(2,3)7(10)11-6-5-9;1-5-7(2,3)6(8)9-4;2*1-4-6(2,3)5(7)8;/h10,14H,2,6-8H2,1,3-5H3;2*5-9H,4,10H2,1-3H3;5-8H2,1-4H3;9H,4-6H2,1-3H3;5H2,1-4H3;2*4H2,1-3H3,(H,7,8);1H/i;;;;;;;;1+1. The summed E-state index contributed by atoms with van der Waals surface area (Å²) in [6, 6.07) is 19.4. The van der Waals surface area contributed by atoms with Crippen LogP contribution in [0, 0.1) is 48.7 Å². The Morgan fingerprint density at radius 1 is 0.475 bits per heavy atom. The van der Waals surface area contributed by atoms with E-state index in [0.29, 0.717) is 51.9 Å². The van der Waals surface area contributed by atoms with E-state index >= 15 is 0 Å². The Kier molecular flexibility index (Phi) is 50.9. The van der Waals surface area contributed by atoms with Gasteiger partial charge in [0.25, 0.3) is 0 Å². The molecule has 3 rings (SSSR count). The van der Waals surface area contributed by atoms with E-state index in [-0.39, 0.29) is 98.1 Å². The third kappa shape index (κ3) is 42.1. The lowest BCUT2D eigenvalue weighted by Gasteiger charge is -2.42. The highest BCUT2D eigenvalue weighted by molar-refractivity contribution is 5.87. The molecule has 0 bridgehead atoms. The van der Waals surface area contributed by atoms with Crippen LogP contribution in [0.2, 0.25) is 0 Å². The monoisotopic (exact) mass is 1440 g/mol. The maximum Gasteiger partial charge on any atom is 0.333 e. The highest BCUT2D eigenvalue weighted by Crippen LogP contribution is 2.43. The Morgan fingerprint density at radius 3 is 1.06 bits per heavy atom. The number of methoxy groups -OCH3 is 3. The van der Waals surface area contributed by atoms with Gasteiger partial charge in [-0.15, -0.1) is 0 Å². The zero-order chi connectivity index (χ0) is 80.0. The molecule has 1 heterocycles. The SMILES string of the molecule is C=C(C)C(=O)OCC(O)COC(=O)C(C)(C)CC.CCC(C)(C)C(=O)O.CCC(C)(C)C(=O)O.CCC(C)(C)C(=O)OC.CCC(C)(C)C(=O)OCCO.CCC(C)(C)C(=O)OCc1ccccc1.CCC(C)(C)C(=O)OCc1ccccc1.CCC1(C(=O)OC)COCC(C)(C(=O)OC)C1.[2HH]. The molecule has 3 atom stereocenters. The predicted octanol–water partition coefficient (Wildman–Crippen LogP) is 14.7. The Hall–Kier alpha value is -7.24. The molecule has 1 aliphatic heterocycles. The van der Waals surface area contributed by atoms with Crippen molar-refractivity contribution in [3.8, 4) is 0 Å². The number of aliphatic carboxylic acids is 2. The first kappa shape index (κ1) is 102. The summed E-state index contributed by atoms with van der Waals surface area (Å²) < 4.78 is 44.5. The van der Waals surface area contributed by atoms with E-state index in [9.17, 15) is 53.1 Å². The number of benzene rings is 2. The zero-order valence-corrected chi connectivity index (χ0v) is 66.6. The second-order valence-electron chi connectivity index (χ2n) is 29.2. The molecule has 0 radical (unpaired) electrons. The van der Waals surface area contributed by atoms with Crippen LogP contribution < -0.4 is 0 Å². The van der Waals surface area contributed by atoms with Crippen molar-refractivity contribution in [1.29, 1.82) is 0 Å². The minimum absolute atomic E-state index is 0. The van der Waals surface area contributed by atoms with Gasteiger partial charge >= 0.3 is 59.7 Å². The van der Waals surface area contributed by atoms with Crippen LogP contribution in [0.5, 0.6) is 0 Å². The summed E-state index contributed by atoms with van der Waals surface area (Å²) in [7, 11) is 4.11. The Morgan fingerprint density at radius 2 is 0.792 bits per heavy atom. The minimum Gasteiger partial charge on any atom is -0.481 e. The first-order valence-electron chi connectivity index (χ1n) is 34.5. The van der Waals surface area contributed by atoms with Gasteiger partial charge in [-0.05, 0) is 180 Å². The topological polar surface area (TPSA) is 335 Å². The van der Waals surface area contributed by atoms with Crippen molar-refractivity contribution < 1.29 is 112 Å². The number of hydrogen-bond donors (Lipinski definition) is 4. The summed E-state index contributed by atoms with van der Waals surface area (Å²) in [5.74, 6) is -3.71. The second-order valence-corrected chi connectivity index (χ2v) is 29.2. The molecule has 23 nitrogen and oxygen atoms in total. The maximum absolute atomic E-state index is 11.9. The van der Waals surface area contributed by atoms with Gasteiger partial charge in [-0.2, -0.15) is 0 Å². The minimum atomic E-state index is -1.02. The summed E-state index contributed by atoms with van der Waals surface area (Å²) in [5, 5.41) is 34.7. The molecule has 1 saturated heterocycles. The fourth-order valence-corrected chi connectivity index (χ4v) is 6.60. The molecular weight excluding hydrogens is 1300 g/mol. The lowest BCUT2D eigenvalue weighted by Crippen LogP contribution is -2.50. The van der Waals surface area contributed by atoms with Crippen LogP contribution in [0.25, 0.3) is 0 Å². The summed E-state index contributed by atoms with van der Waals surface area (Å²) in [5.41, 5.74) is -2.36. The quantitative estimate of drug-likeness (QED) is 0.0349. The molecule has 1 aliphatic rings. The molecule has 4 N–H and O–H groups in total. The molecule has 0 spiro atoms. The van der Waals surface area contributed by atoms with Gasteiger partial charge in [0, 0.05) is 7.00 Å². The van der Waals surface area contributed by atoms with Gasteiger partial charge < -0.3 is 63.1 Å².